The van der Waals surface area contributed by atoms with Gasteiger partial charge in [0.05, 0.1) is 12.1 Å². The summed E-state index contributed by atoms with van der Waals surface area (Å²) in [7, 11) is 1.68. The predicted octanol–water partition coefficient (Wildman–Crippen LogP) is 1.97. The van der Waals surface area contributed by atoms with Crippen molar-refractivity contribution < 1.29 is 4.74 Å². The zero-order chi connectivity index (χ0) is 10.6. The smallest absolute Gasteiger partial charge is 0.224 e. The molecule has 1 rings (SSSR count). The van der Waals surface area contributed by atoms with E-state index in [-0.39, 0.29) is 17.4 Å². The number of nitrogens with zero attached hydrogens (tertiary/aromatic N) is 2. The Morgan fingerprint density at radius 2 is 2.21 bits per heavy atom. The molecule has 0 fully saturated rings. The van der Waals surface area contributed by atoms with E-state index in [0.717, 1.165) is 0 Å². The normalized spacial score (nSPS) is 14.9. The van der Waals surface area contributed by atoms with Gasteiger partial charge in [0, 0.05) is 13.3 Å². The lowest BCUT2D eigenvalue weighted by Gasteiger charge is -2.20. The van der Waals surface area contributed by atoms with Crippen LogP contribution < -0.4 is 5.32 Å². The molecule has 5 heteroatoms. The SMILES string of the molecule is COC(C)[C@H](C)Nc1ccnc(Cl)n1. The summed E-state index contributed by atoms with van der Waals surface area (Å²) in [5, 5.41) is 3.42. The fraction of sp³-hybridized carbons (Fsp3) is 0.556. The first kappa shape index (κ1) is 11.2. The topological polar surface area (TPSA) is 47.0 Å². The molecule has 1 aromatic heterocycles. The molecule has 78 valence electrons. The van der Waals surface area contributed by atoms with Gasteiger partial charge in [0.25, 0.3) is 0 Å². The fourth-order valence-corrected chi connectivity index (χ4v) is 1.12. The molecule has 0 aliphatic heterocycles. The van der Waals surface area contributed by atoms with Crippen molar-refractivity contribution in [2.45, 2.75) is 26.0 Å². The van der Waals surface area contributed by atoms with Crippen molar-refractivity contribution in [3.8, 4) is 0 Å². The Kier molecular flexibility index (Phi) is 4.10. The Morgan fingerprint density at radius 1 is 1.50 bits per heavy atom. The molecule has 0 radical (unpaired) electrons. The van der Waals surface area contributed by atoms with Crippen LogP contribution >= 0.6 is 11.6 Å². The van der Waals surface area contributed by atoms with Gasteiger partial charge in [-0.15, -0.1) is 0 Å². The average Bonchev–Trinajstić information content (AvgIpc) is 2.16. The van der Waals surface area contributed by atoms with Crippen molar-refractivity contribution >= 4 is 17.4 Å². The highest BCUT2D eigenvalue weighted by Crippen LogP contribution is 2.09. The van der Waals surface area contributed by atoms with Crippen LogP contribution in [0.25, 0.3) is 0 Å². The first-order valence-corrected chi connectivity index (χ1v) is 4.79. The monoisotopic (exact) mass is 215 g/mol. The molecule has 4 nitrogen and oxygen atoms in total. The molecular formula is C9H14ClN3O. The van der Waals surface area contributed by atoms with Gasteiger partial charge in [-0.05, 0) is 31.5 Å². The van der Waals surface area contributed by atoms with Gasteiger partial charge in [-0.3, -0.25) is 0 Å². The van der Waals surface area contributed by atoms with E-state index < -0.39 is 0 Å². The molecule has 0 spiro atoms. The van der Waals surface area contributed by atoms with Crippen molar-refractivity contribution in [3.63, 3.8) is 0 Å². The number of methoxy groups -OCH3 is 1. The minimum absolute atomic E-state index is 0.115. The number of halogens is 1. The number of nitrogens with one attached hydrogen (secondary N) is 1. The van der Waals surface area contributed by atoms with E-state index >= 15 is 0 Å². The van der Waals surface area contributed by atoms with Crippen LogP contribution in [0.2, 0.25) is 5.28 Å². The molecule has 1 heterocycles. The largest absolute Gasteiger partial charge is 0.380 e. The van der Waals surface area contributed by atoms with E-state index in [2.05, 4.69) is 15.3 Å². The lowest BCUT2D eigenvalue weighted by atomic mass is 10.2. The van der Waals surface area contributed by atoms with E-state index in [9.17, 15) is 0 Å². The molecular weight excluding hydrogens is 202 g/mol. The van der Waals surface area contributed by atoms with Crippen LogP contribution in [0.15, 0.2) is 12.3 Å². The second-order valence-corrected chi connectivity index (χ2v) is 3.42. The maximum atomic E-state index is 5.65. The van der Waals surface area contributed by atoms with Gasteiger partial charge in [0.1, 0.15) is 5.82 Å². The minimum Gasteiger partial charge on any atom is -0.380 e. The minimum atomic E-state index is 0.115. The number of ether oxygens (including phenoxy) is 1. The summed E-state index contributed by atoms with van der Waals surface area (Å²) in [6.07, 6.45) is 1.73. The number of hydrogen-bond acceptors (Lipinski definition) is 4. The van der Waals surface area contributed by atoms with Gasteiger partial charge in [-0.25, -0.2) is 9.97 Å². The molecule has 0 bridgehead atoms. The van der Waals surface area contributed by atoms with Crippen molar-refractivity contribution in [1.82, 2.24) is 9.97 Å². The molecule has 2 atom stereocenters. The van der Waals surface area contributed by atoms with Crippen LogP contribution in [0.4, 0.5) is 5.82 Å². The van der Waals surface area contributed by atoms with Crippen molar-refractivity contribution in [3.05, 3.63) is 17.5 Å². The van der Waals surface area contributed by atoms with Crippen LogP contribution in [-0.4, -0.2) is 29.2 Å². The quantitative estimate of drug-likeness (QED) is 0.781. The molecule has 0 saturated carbocycles. The highest BCUT2D eigenvalue weighted by atomic mass is 35.5. The van der Waals surface area contributed by atoms with E-state index in [0.29, 0.717) is 5.82 Å². The first-order chi connectivity index (χ1) is 6.63. The van der Waals surface area contributed by atoms with Crippen LogP contribution in [0.1, 0.15) is 13.8 Å². The highest BCUT2D eigenvalue weighted by Gasteiger charge is 2.11. The Balaban J connectivity index is 2.60. The summed E-state index contributed by atoms with van der Waals surface area (Å²) in [5.74, 6) is 0.710. The van der Waals surface area contributed by atoms with Crippen LogP contribution in [0.5, 0.6) is 0 Å². The molecule has 0 saturated heterocycles. The molecule has 1 aromatic rings. The summed E-state index contributed by atoms with van der Waals surface area (Å²) in [6, 6.07) is 1.94. The lowest BCUT2D eigenvalue weighted by molar-refractivity contribution is 0.106. The Bertz CT molecular complexity index is 295. The number of hydrogen-bond donors (Lipinski definition) is 1. The molecule has 1 unspecified atom stereocenters. The second kappa shape index (κ2) is 5.12. The molecule has 14 heavy (non-hydrogen) atoms. The maximum absolute atomic E-state index is 5.65. The van der Waals surface area contributed by atoms with E-state index in [1.54, 1.807) is 19.4 Å². The van der Waals surface area contributed by atoms with Crippen molar-refractivity contribution in [1.29, 1.82) is 0 Å². The van der Waals surface area contributed by atoms with Crippen molar-refractivity contribution in [2.24, 2.45) is 0 Å². The Labute approximate surface area is 88.7 Å². The van der Waals surface area contributed by atoms with E-state index in [4.69, 9.17) is 16.3 Å². The zero-order valence-electron chi connectivity index (χ0n) is 8.49. The van der Waals surface area contributed by atoms with Crippen LogP contribution in [0.3, 0.4) is 0 Å². The summed E-state index contributed by atoms with van der Waals surface area (Å²) in [4.78, 5) is 7.81. The lowest BCUT2D eigenvalue weighted by Crippen LogP contribution is -2.30. The van der Waals surface area contributed by atoms with Crippen LogP contribution in [-0.2, 0) is 4.74 Å². The summed E-state index contributed by atoms with van der Waals surface area (Å²) in [5.41, 5.74) is 0. The summed E-state index contributed by atoms with van der Waals surface area (Å²) in [6.45, 7) is 4.00. The fourth-order valence-electron chi connectivity index (χ4n) is 0.970. The zero-order valence-corrected chi connectivity index (χ0v) is 9.25. The molecule has 0 amide bonds. The second-order valence-electron chi connectivity index (χ2n) is 3.08. The summed E-state index contributed by atoms with van der Waals surface area (Å²) < 4.78 is 5.18. The van der Waals surface area contributed by atoms with Gasteiger partial charge >= 0.3 is 0 Å². The van der Waals surface area contributed by atoms with E-state index in [1.807, 2.05) is 13.8 Å². The molecule has 0 aliphatic rings. The third kappa shape index (κ3) is 3.12. The Hall–Kier alpha value is -0.870. The van der Waals surface area contributed by atoms with Gasteiger partial charge < -0.3 is 10.1 Å². The van der Waals surface area contributed by atoms with Gasteiger partial charge in [-0.1, -0.05) is 0 Å². The average molecular weight is 216 g/mol. The predicted molar refractivity (Wildman–Crippen MR) is 56.6 cm³/mol. The van der Waals surface area contributed by atoms with E-state index in [1.165, 1.54) is 0 Å². The first-order valence-electron chi connectivity index (χ1n) is 4.41. The van der Waals surface area contributed by atoms with Gasteiger partial charge in [0.2, 0.25) is 5.28 Å². The number of aromatic nitrogens is 2. The molecule has 0 aromatic carbocycles. The number of rotatable bonds is 4. The molecule has 0 aliphatic carbocycles. The number of anilines is 1. The summed E-state index contributed by atoms with van der Waals surface area (Å²) >= 11 is 5.65. The van der Waals surface area contributed by atoms with Gasteiger partial charge in [-0.2, -0.15) is 0 Å². The van der Waals surface area contributed by atoms with Crippen molar-refractivity contribution in [2.75, 3.05) is 12.4 Å². The standard InChI is InChI=1S/C9H14ClN3O/c1-6(7(2)14-3)12-8-4-5-11-9(10)13-8/h4-7H,1-3H3,(H,11,12,13)/t6-,7?/m0/s1. The maximum Gasteiger partial charge on any atom is 0.224 e. The van der Waals surface area contributed by atoms with Crippen LogP contribution in [0, 0.1) is 0 Å². The molecule has 1 N–H and O–H groups in total. The van der Waals surface area contributed by atoms with Gasteiger partial charge in [0.15, 0.2) is 0 Å². The Morgan fingerprint density at radius 3 is 2.79 bits per heavy atom. The third-order valence-electron chi connectivity index (χ3n) is 2.08. The third-order valence-corrected chi connectivity index (χ3v) is 2.26. The highest BCUT2D eigenvalue weighted by molar-refractivity contribution is 6.28.